The first-order valence-corrected chi connectivity index (χ1v) is 11.7. The van der Waals surface area contributed by atoms with Crippen LogP contribution in [0.15, 0.2) is 0 Å². The highest BCUT2D eigenvalue weighted by Gasteiger charge is 2.35. The van der Waals surface area contributed by atoms with Gasteiger partial charge in [0, 0.05) is 11.3 Å². The average molecular weight is 439 g/mol. The second kappa shape index (κ2) is 10.0. The Morgan fingerprint density at radius 2 is 2.00 bits per heavy atom. The third-order valence-electron chi connectivity index (χ3n) is 5.83. The minimum Gasteiger partial charge on any atom is -0.462 e. The predicted molar refractivity (Wildman–Crippen MR) is 124 cm³/mol. The molecular weight excluding hydrogens is 404 g/mol. The van der Waals surface area contributed by atoms with E-state index >= 15 is 0 Å². The van der Waals surface area contributed by atoms with Gasteiger partial charge in [0.05, 0.1) is 12.2 Å². The number of thiocarbonyl (C=S) groups is 1. The first-order chi connectivity index (χ1) is 13.6. The fraction of sp³-hybridized carbons (Fsp3) is 0.682. The molecule has 1 heterocycles. The van der Waals surface area contributed by atoms with Crippen molar-refractivity contribution < 1.29 is 14.3 Å². The number of thiophene rings is 1. The number of nitrogens with one attached hydrogen (secondary N) is 2. The van der Waals surface area contributed by atoms with Crippen molar-refractivity contribution in [3.8, 4) is 0 Å². The van der Waals surface area contributed by atoms with Gasteiger partial charge in [-0.3, -0.25) is 4.79 Å². The molecule has 1 amide bonds. The molecule has 0 saturated carbocycles. The number of carbonyl (C=O) groups is 2. The fourth-order valence-corrected chi connectivity index (χ4v) is 5.33. The van der Waals surface area contributed by atoms with Crippen molar-refractivity contribution in [2.24, 2.45) is 17.3 Å². The van der Waals surface area contributed by atoms with Gasteiger partial charge >= 0.3 is 5.97 Å². The van der Waals surface area contributed by atoms with Gasteiger partial charge in [-0.25, -0.2) is 4.79 Å². The van der Waals surface area contributed by atoms with E-state index in [1.54, 1.807) is 18.3 Å². The normalized spacial score (nSPS) is 16.3. The second-order valence-corrected chi connectivity index (χ2v) is 10.3. The van der Waals surface area contributed by atoms with Crippen molar-refractivity contribution in [3.63, 3.8) is 0 Å². The molecule has 5 nitrogen and oxygen atoms in total. The Hall–Kier alpha value is -1.47. The standard InChI is InChI=1S/C22H34N2O3S2/c1-7-22(5,6)14-9-10-15-16(12-14)29-19(18(15)20(26)27-8-2)24-21(28)23-17(25)11-13(3)4/h13-14H,7-12H2,1-6H3,(H2,23,24,25,28)/t14-/m1/s1. The van der Waals surface area contributed by atoms with Crippen LogP contribution in [0.3, 0.4) is 0 Å². The Morgan fingerprint density at radius 3 is 2.59 bits per heavy atom. The van der Waals surface area contributed by atoms with E-state index in [2.05, 4.69) is 31.4 Å². The highest BCUT2D eigenvalue weighted by Crippen LogP contribution is 2.45. The number of anilines is 1. The highest BCUT2D eigenvalue weighted by molar-refractivity contribution is 7.80. The van der Waals surface area contributed by atoms with Gasteiger partial charge < -0.3 is 15.4 Å². The summed E-state index contributed by atoms with van der Waals surface area (Å²) in [7, 11) is 0. The van der Waals surface area contributed by atoms with Crippen LogP contribution in [-0.4, -0.2) is 23.6 Å². The molecule has 1 aliphatic carbocycles. The molecule has 162 valence electrons. The molecule has 2 N–H and O–H groups in total. The maximum atomic E-state index is 12.7. The molecule has 0 radical (unpaired) electrons. The summed E-state index contributed by atoms with van der Waals surface area (Å²) in [5.74, 6) is 0.387. The molecule has 0 unspecified atom stereocenters. The largest absolute Gasteiger partial charge is 0.462 e. The first-order valence-electron chi connectivity index (χ1n) is 10.5. The fourth-order valence-electron chi connectivity index (χ4n) is 3.73. The van der Waals surface area contributed by atoms with Crippen molar-refractivity contribution in [3.05, 3.63) is 16.0 Å². The Balaban J connectivity index is 2.27. The van der Waals surface area contributed by atoms with E-state index in [-0.39, 0.29) is 28.3 Å². The Morgan fingerprint density at radius 1 is 1.31 bits per heavy atom. The first kappa shape index (κ1) is 23.8. The molecule has 0 bridgehead atoms. The number of amides is 1. The Kier molecular flexibility index (Phi) is 8.23. The lowest BCUT2D eigenvalue weighted by Crippen LogP contribution is -2.34. The summed E-state index contributed by atoms with van der Waals surface area (Å²) in [5.41, 5.74) is 1.93. The SMILES string of the molecule is CCOC(=O)c1c(NC(=S)NC(=O)CC(C)C)sc2c1CC[C@@H](C(C)(C)CC)C2. The van der Waals surface area contributed by atoms with Gasteiger partial charge in [-0.1, -0.05) is 41.0 Å². The lowest BCUT2D eigenvalue weighted by Gasteiger charge is -2.36. The lowest BCUT2D eigenvalue weighted by molar-refractivity contribution is -0.120. The zero-order valence-electron chi connectivity index (χ0n) is 18.4. The summed E-state index contributed by atoms with van der Waals surface area (Å²) >= 11 is 6.89. The monoisotopic (exact) mass is 438 g/mol. The molecule has 0 aliphatic heterocycles. The van der Waals surface area contributed by atoms with Crippen LogP contribution in [0.5, 0.6) is 0 Å². The summed E-state index contributed by atoms with van der Waals surface area (Å²) in [6, 6.07) is 0. The van der Waals surface area contributed by atoms with Crippen molar-refractivity contribution in [2.75, 3.05) is 11.9 Å². The van der Waals surface area contributed by atoms with E-state index in [0.29, 0.717) is 29.5 Å². The second-order valence-electron chi connectivity index (χ2n) is 8.81. The average Bonchev–Trinajstić information content (AvgIpc) is 2.97. The van der Waals surface area contributed by atoms with Crippen LogP contribution < -0.4 is 10.6 Å². The van der Waals surface area contributed by atoms with E-state index in [0.717, 1.165) is 31.2 Å². The van der Waals surface area contributed by atoms with Gasteiger partial charge in [0.25, 0.3) is 0 Å². The van der Waals surface area contributed by atoms with E-state index < -0.39 is 0 Å². The molecule has 0 spiro atoms. The number of carbonyl (C=O) groups excluding carboxylic acids is 2. The van der Waals surface area contributed by atoms with E-state index in [9.17, 15) is 9.59 Å². The van der Waals surface area contributed by atoms with Crippen LogP contribution in [0.1, 0.15) is 81.6 Å². The van der Waals surface area contributed by atoms with Crippen molar-refractivity contribution in [1.82, 2.24) is 5.32 Å². The maximum Gasteiger partial charge on any atom is 0.341 e. The zero-order chi connectivity index (χ0) is 21.8. The number of hydrogen-bond acceptors (Lipinski definition) is 5. The molecule has 0 fully saturated rings. The predicted octanol–water partition coefficient (Wildman–Crippen LogP) is 5.33. The van der Waals surface area contributed by atoms with Crippen LogP contribution in [0, 0.1) is 17.3 Å². The van der Waals surface area contributed by atoms with Crippen LogP contribution in [-0.2, 0) is 22.4 Å². The van der Waals surface area contributed by atoms with Gasteiger partial charge in [0.15, 0.2) is 5.11 Å². The van der Waals surface area contributed by atoms with E-state index in [1.807, 2.05) is 13.8 Å². The van der Waals surface area contributed by atoms with Crippen molar-refractivity contribution in [2.45, 2.75) is 73.6 Å². The van der Waals surface area contributed by atoms with Crippen molar-refractivity contribution in [1.29, 1.82) is 0 Å². The molecule has 7 heteroatoms. The molecule has 1 aromatic heterocycles. The topological polar surface area (TPSA) is 67.4 Å². The van der Waals surface area contributed by atoms with Gasteiger partial charge in [0.2, 0.25) is 5.91 Å². The molecular formula is C22H34N2O3S2. The summed E-state index contributed by atoms with van der Waals surface area (Å²) in [4.78, 5) is 26.0. The number of hydrogen-bond donors (Lipinski definition) is 2. The van der Waals surface area contributed by atoms with E-state index in [1.165, 1.54) is 4.88 Å². The Labute approximate surface area is 184 Å². The maximum absolute atomic E-state index is 12.7. The van der Waals surface area contributed by atoms with Crippen molar-refractivity contribution >= 4 is 45.5 Å². The number of ether oxygens (including phenoxy) is 1. The highest BCUT2D eigenvalue weighted by atomic mass is 32.1. The number of rotatable bonds is 7. The molecule has 2 rings (SSSR count). The lowest BCUT2D eigenvalue weighted by atomic mass is 9.69. The zero-order valence-corrected chi connectivity index (χ0v) is 20.1. The molecule has 0 saturated heterocycles. The van der Waals surface area contributed by atoms with Gasteiger partial charge in [0.1, 0.15) is 5.00 Å². The Bertz CT molecular complexity index is 768. The number of fused-ring (bicyclic) bond motifs is 1. The molecule has 29 heavy (non-hydrogen) atoms. The van der Waals surface area contributed by atoms with Crippen LogP contribution in [0.25, 0.3) is 0 Å². The minimum atomic E-state index is -0.322. The quantitative estimate of drug-likeness (QED) is 0.445. The molecule has 1 atom stereocenters. The van der Waals surface area contributed by atoms with Gasteiger partial charge in [-0.05, 0) is 61.2 Å². The third kappa shape index (κ3) is 6.01. The van der Waals surface area contributed by atoms with Gasteiger partial charge in [-0.15, -0.1) is 11.3 Å². The minimum absolute atomic E-state index is 0.124. The van der Waals surface area contributed by atoms with Crippen LogP contribution >= 0.6 is 23.6 Å². The molecule has 0 aromatic carbocycles. The summed E-state index contributed by atoms with van der Waals surface area (Å²) in [6.45, 7) is 13.0. The molecule has 1 aromatic rings. The molecule has 1 aliphatic rings. The van der Waals surface area contributed by atoms with E-state index in [4.69, 9.17) is 17.0 Å². The van der Waals surface area contributed by atoms with Gasteiger partial charge in [-0.2, -0.15) is 0 Å². The summed E-state index contributed by atoms with van der Waals surface area (Å²) in [5, 5.41) is 6.72. The summed E-state index contributed by atoms with van der Waals surface area (Å²) in [6.07, 6.45) is 4.41. The smallest absolute Gasteiger partial charge is 0.341 e. The number of esters is 1. The summed E-state index contributed by atoms with van der Waals surface area (Å²) < 4.78 is 5.32. The third-order valence-corrected chi connectivity index (χ3v) is 7.21. The van der Waals surface area contributed by atoms with Crippen LogP contribution in [0.2, 0.25) is 0 Å². The van der Waals surface area contributed by atoms with Crippen LogP contribution in [0.4, 0.5) is 5.00 Å².